The number of aromatic hydroxyl groups is 2. The second kappa shape index (κ2) is 13.1. The summed E-state index contributed by atoms with van der Waals surface area (Å²) in [4.78, 5) is 16.5. The van der Waals surface area contributed by atoms with E-state index in [0.29, 0.717) is 30.3 Å². The van der Waals surface area contributed by atoms with Crippen molar-refractivity contribution in [1.82, 2.24) is 0 Å². The zero-order valence-corrected chi connectivity index (χ0v) is 24.1. The molecule has 2 rings (SSSR count). The number of nitro benzene ring substituents is 2. The summed E-state index contributed by atoms with van der Waals surface area (Å²) in [6.07, 6.45) is 0.422. The van der Waals surface area contributed by atoms with E-state index in [9.17, 15) is 69.4 Å². The van der Waals surface area contributed by atoms with Crippen LogP contribution >= 0.6 is 0 Å². The minimum absolute atomic E-state index is 0.299. The Morgan fingerprint density at radius 2 is 1.24 bits per heavy atom. The van der Waals surface area contributed by atoms with Crippen LogP contribution in [0.4, 0.5) is 22.7 Å². The maximum Gasteiger partial charge on any atom is 0.314 e. The predicted octanol–water partition coefficient (Wildman–Crippen LogP) is 1.69. The normalized spacial score (nSPS) is 13.6. The largest absolute Gasteiger partial charge is 0.501 e. The second-order valence-corrected chi connectivity index (χ2v) is 12.3. The maximum atomic E-state index is 12.0. The third-order valence-electron chi connectivity index (χ3n) is 4.95. The van der Waals surface area contributed by atoms with Crippen LogP contribution in [-0.4, -0.2) is 65.5 Å². The molecule has 2 aromatic rings. The molecule has 0 radical (unpaired) electrons. The first-order valence-electron chi connectivity index (χ1n) is 10.8. The third-order valence-corrected chi connectivity index (χ3v) is 7.55. The minimum Gasteiger partial charge on any atom is -0.501 e. The van der Waals surface area contributed by atoms with E-state index in [1.54, 1.807) is 0 Å². The number of nitrogens with two attached hydrogens (primary N) is 2. The Hall–Kier alpha value is -5.41. The van der Waals surface area contributed by atoms with Crippen LogP contribution in [-0.2, 0) is 30.4 Å². The number of azo groups is 2. The molecule has 0 aliphatic heterocycles. The summed E-state index contributed by atoms with van der Waals surface area (Å²) in [7, 11) is -15.4. The lowest BCUT2D eigenvalue weighted by molar-refractivity contribution is -0.386. The lowest BCUT2D eigenvalue weighted by atomic mass is 10.2. The van der Waals surface area contributed by atoms with E-state index in [2.05, 4.69) is 27.0 Å². The summed E-state index contributed by atoms with van der Waals surface area (Å²) < 4.78 is 97.9. The summed E-state index contributed by atoms with van der Waals surface area (Å²) in [6.45, 7) is 2.26. The molecule has 0 bridgehead atoms. The van der Waals surface area contributed by atoms with Gasteiger partial charge in [0, 0.05) is 12.1 Å². The monoisotopic (exact) mass is 694 g/mol. The standard InChI is InChI=1S/C19H18N8O15S3/c1-8(20)12(24-25-14-3-10(44(37,38)39)5-16(19(14)29)27(32)33)6-17(45(40,41)42)11(21)7-22-23-13-2-9(43(34,35)36)4-15(18(13)28)26(30)31/h2-6,28-29H,1,7,20-21H2,(H,34,35,36)(H,37,38,39)(H,40,41,42)/b12-6+,17-11-,23-22+,25-24+. The fourth-order valence-corrected chi connectivity index (χ4v) is 4.60. The Labute approximate surface area is 250 Å². The van der Waals surface area contributed by atoms with Crippen molar-refractivity contribution >= 4 is 53.1 Å². The summed E-state index contributed by atoms with van der Waals surface area (Å²) >= 11 is 0. The van der Waals surface area contributed by atoms with Gasteiger partial charge in [-0.05, 0) is 18.2 Å². The van der Waals surface area contributed by atoms with Crippen molar-refractivity contribution in [1.29, 1.82) is 0 Å². The van der Waals surface area contributed by atoms with Crippen molar-refractivity contribution < 1.29 is 59.0 Å². The van der Waals surface area contributed by atoms with Gasteiger partial charge in [0.25, 0.3) is 30.4 Å². The van der Waals surface area contributed by atoms with Gasteiger partial charge in [-0.25, -0.2) is 0 Å². The van der Waals surface area contributed by atoms with Gasteiger partial charge in [0.15, 0.2) is 0 Å². The average Bonchev–Trinajstić information content (AvgIpc) is 2.87. The number of nitrogens with zero attached hydrogens (tertiary/aromatic N) is 6. The van der Waals surface area contributed by atoms with Gasteiger partial charge in [-0.1, -0.05) is 6.58 Å². The molecule has 23 nitrogen and oxygen atoms in total. The molecule has 26 heteroatoms. The molecular formula is C19H18N8O15S3. The van der Waals surface area contributed by atoms with Crippen LogP contribution in [0, 0.1) is 20.2 Å². The Kier molecular flexibility index (Phi) is 10.4. The molecule has 0 aromatic heterocycles. The molecule has 0 spiro atoms. The lowest BCUT2D eigenvalue weighted by Crippen LogP contribution is -2.13. The molecule has 242 valence electrons. The van der Waals surface area contributed by atoms with Gasteiger partial charge in [-0.2, -0.15) is 35.5 Å². The molecule has 9 N–H and O–H groups in total. The molecule has 0 saturated carbocycles. The van der Waals surface area contributed by atoms with Crippen LogP contribution in [0.15, 0.2) is 89.2 Å². The van der Waals surface area contributed by atoms with Gasteiger partial charge in [-0.15, -0.1) is 10.2 Å². The van der Waals surface area contributed by atoms with E-state index < -0.39 is 113 Å². The number of hydrogen-bond acceptors (Lipinski definition) is 18. The molecule has 0 saturated heterocycles. The van der Waals surface area contributed by atoms with E-state index in [1.807, 2.05) is 0 Å². The fourth-order valence-electron chi connectivity index (χ4n) is 2.90. The number of allylic oxidation sites excluding steroid dienone is 1. The molecule has 0 heterocycles. The fraction of sp³-hybridized carbons (Fsp3) is 0.0526. The number of benzene rings is 2. The van der Waals surface area contributed by atoms with Crippen molar-refractivity contribution in [3.8, 4) is 11.5 Å². The second-order valence-electron chi connectivity index (χ2n) is 8.10. The Morgan fingerprint density at radius 1 is 0.822 bits per heavy atom. The molecule has 45 heavy (non-hydrogen) atoms. The number of hydrogen-bond donors (Lipinski definition) is 7. The summed E-state index contributed by atoms with van der Waals surface area (Å²) in [5, 5.41) is 55.8. The van der Waals surface area contributed by atoms with E-state index in [4.69, 9.17) is 11.5 Å². The first-order chi connectivity index (χ1) is 20.4. The zero-order chi connectivity index (χ0) is 34.7. The summed E-state index contributed by atoms with van der Waals surface area (Å²) in [5.41, 5.74) is 4.67. The maximum absolute atomic E-state index is 12.0. The molecular weight excluding hydrogens is 676 g/mol. The Bertz CT molecular complexity index is 2070. The third kappa shape index (κ3) is 9.04. The number of rotatable bonds is 12. The van der Waals surface area contributed by atoms with E-state index in [0.717, 1.165) is 0 Å². The highest BCUT2D eigenvalue weighted by atomic mass is 32.2. The quantitative estimate of drug-likeness (QED) is 0.0546. The van der Waals surface area contributed by atoms with Crippen molar-refractivity contribution in [2.45, 2.75) is 9.79 Å². The molecule has 0 unspecified atom stereocenters. The van der Waals surface area contributed by atoms with E-state index in [1.165, 1.54) is 0 Å². The first-order valence-corrected chi connectivity index (χ1v) is 15.2. The van der Waals surface area contributed by atoms with E-state index >= 15 is 0 Å². The van der Waals surface area contributed by atoms with Gasteiger partial charge in [0.1, 0.15) is 38.3 Å². The van der Waals surface area contributed by atoms with E-state index in [-0.39, 0.29) is 0 Å². The molecule has 0 atom stereocenters. The van der Waals surface area contributed by atoms with Gasteiger partial charge >= 0.3 is 11.4 Å². The highest BCUT2D eigenvalue weighted by Crippen LogP contribution is 2.40. The van der Waals surface area contributed by atoms with Crippen LogP contribution in [0.5, 0.6) is 11.5 Å². The van der Waals surface area contributed by atoms with Gasteiger partial charge < -0.3 is 21.7 Å². The van der Waals surface area contributed by atoms with Crippen LogP contribution < -0.4 is 11.5 Å². The number of phenolic OH excluding ortho intramolecular Hbond substituents is 2. The molecule has 0 aliphatic carbocycles. The minimum atomic E-state index is -5.30. The van der Waals surface area contributed by atoms with Crippen molar-refractivity contribution in [3.63, 3.8) is 0 Å². The van der Waals surface area contributed by atoms with Gasteiger partial charge in [-0.3, -0.25) is 33.9 Å². The van der Waals surface area contributed by atoms with Crippen LogP contribution in [0.25, 0.3) is 0 Å². The summed E-state index contributed by atoms with van der Waals surface area (Å²) in [6, 6.07) is 1.53. The van der Waals surface area contributed by atoms with Crippen LogP contribution in [0.1, 0.15) is 0 Å². The Balaban J connectivity index is 2.66. The SMILES string of the molecule is C=C(N)C(=C\C(=C(\N)C/N=N/c1cc(S(=O)(=O)O)cc([N+](=O)[O-])c1O)S(=O)(=O)O)/N=N/c1cc(S(=O)(=O)O)cc([N+](=O)[O-])c1O. The first kappa shape index (κ1) is 35.8. The Morgan fingerprint density at radius 3 is 1.60 bits per heavy atom. The number of nitro groups is 2. The molecule has 0 fully saturated rings. The van der Waals surface area contributed by atoms with Crippen molar-refractivity contribution in [3.05, 3.63) is 79.1 Å². The topological polar surface area (TPSA) is 391 Å². The lowest BCUT2D eigenvalue weighted by Gasteiger charge is -2.07. The molecule has 0 amide bonds. The predicted molar refractivity (Wildman–Crippen MR) is 147 cm³/mol. The van der Waals surface area contributed by atoms with Gasteiger partial charge in [0.05, 0.1) is 21.2 Å². The van der Waals surface area contributed by atoms with Crippen molar-refractivity contribution in [2.24, 2.45) is 31.9 Å². The van der Waals surface area contributed by atoms with Crippen LogP contribution in [0.2, 0.25) is 0 Å². The molecule has 2 aromatic carbocycles. The highest BCUT2D eigenvalue weighted by Gasteiger charge is 2.26. The van der Waals surface area contributed by atoms with Gasteiger partial charge in [0.2, 0.25) is 11.5 Å². The average molecular weight is 695 g/mol. The van der Waals surface area contributed by atoms with Crippen molar-refractivity contribution in [2.75, 3.05) is 6.54 Å². The highest BCUT2D eigenvalue weighted by molar-refractivity contribution is 7.90. The smallest absolute Gasteiger partial charge is 0.314 e. The van der Waals surface area contributed by atoms with Crippen LogP contribution in [0.3, 0.4) is 0 Å². The molecule has 0 aliphatic rings. The number of phenols is 2. The zero-order valence-electron chi connectivity index (χ0n) is 21.7. The summed E-state index contributed by atoms with van der Waals surface area (Å²) in [5.74, 6) is -2.46.